The summed E-state index contributed by atoms with van der Waals surface area (Å²) in [6, 6.07) is 6.11. The molecule has 1 rings (SSSR count). The molecule has 0 aliphatic carbocycles. The summed E-state index contributed by atoms with van der Waals surface area (Å²) in [6.45, 7) is 5.57. The SMILES string of the molecule is C=CC(C)NC(=S)Nc1ccc(F)cc1. The highest BCUT2D eigenvalue weighted by Gasteiger charge is 2.00. The molecule has 0 aliphatic rings. The summed E-state index contributed by atoms with van der Waals surface area (Å²) < 4.78 is 12.6. The van der Waals surface area contributed by atoms with E-state index in [0.29, 0.717) is 5.11 Å². The van der Waals surface area contributed by atoms with Crippen LogP contribution in [0.15, 0.2) is 36.9 Å². The lowest BCUT2D eigenvalue weighted by Crippen LogP contribution is -2.34. The predicted molar refractivity (Wildman–Crippen MR) is 65.4 cm³/mol. The van der Waals surface area contributed by atoms with Crippen molar-refractivity contribution in [2.24, 2.45) is 0 Å². The molecule has 1 aromatic carbocycles. The minimum absolute atomic E-state index is 0.102. The highest BCUT2D eigenvalue weighted by molar-refractivity contribution is 7.80. The normalized spacial score (nSPS) is 11.6. The number of nitrogens with one attached hydrogen (secondary N) is 2. The molecule has 1 unspecified atom stereocenters. The first-order chi connectivity index (χ1) is 7.11. The first-order valence-corrected chi connectivity index (χ1v) is 4.98. The average molecular weight is 224 g/mol. The van der Waals surface area contributed by atoms with E-state index in [2.05, 4.69) is 17.2 Å². The Bertz CT molecular complexity index is 348. The fourth-order valence-corrected chi connectivity index (χ4v) is 1.27. The maximum absolute atomic E-state index is 12.6. The summed E-state index contributed by atoms with van der Waals surface area (Å²) in [6.07, 6.45) is 1.75. The highest BCUT2D eigenvalue weighted by Crippen LogP contribution is 2.07. The van der Waals surface area contributed by atoms with Gasteiger partial charge in [0.2, 0.25) is 0 Å². The Morgan fingerprint density at radius 1 is 1.47 bits per heavy atom. The third-order valence-electron chi connectivity index (χ3n) is 1.81. The molecular weight excluding hydrogens is 211 g/mol. The molecule has 80 valence electrons. The second kappa shape index (κ2) is 5.46. The number of benzene rings is 1. The molecule has 0 saturated carbocycles. The summed E-state index contributed by atoms with van der Waals surface area (Å²) in [7, 11) is 0. The number of halogens is 1. The molecule has 2 N–H and O–H groups in total. The minimum Gasteiger partial charge on any atom is -0.357 e. The zero-order chi connectivity index (χ0) is 11.3. The van der Waals surface area contributed by atoms with Crippen LogP contribution in [0, 0.1) is 5.82 Å². The smallest absolute Gasteiger partial charge is 0.171 e. The number of thiocarbonyl (C=S) groups is 1. The third kappa shape index (κ3) is 4.08. The van der Waals surface area contributed by atoms with Crippen LogP contribution in [0.1, 0.15) is 6.92 Å². The maximum Gasteiger partial charge on any atom is 0.171 e. The van der Waals surface area contributed by atoms with Crippen LogP contribution in [-0.4, -0.2) is 11.2 Å². The highest BCUT2D eigenvalue weighted by atomic mass is 32.1. The van der Waals surface area contributed by atoms with Crippen molar-refractivity contribution in [3.05, 3.63) is 42.7 Å². The minimum atomic E-state index is -0.265. The molecule has 2 nitrogen and oxygen atoms in total. The predicted octanol–water partition coefficient (Wildman–Crippen LogP) is 2.69. The Kier molecular flexibility index (Phi) is 4.24. The van der Waals surface area contributed by atoms with Crippen molar-refractivity contribution in [2.75, 3.05) is 5.32 Å². The Balaban J connectivity index is 2.51. The van der Waals surface area contributed by atoms with Crippen molar-refractivity contribution >= 4 is 23.0 Å². The molecule has 0 saturated heterocycles. The van der Waals surface area contributed by atoms with Gasteiger partial charge < -0.3 is 10.6 Å². The first-order valence-electron chi connectivity index (χ1n) is 4.57. The van der Waals surface area contributed by atoms with Crippen molar-refractivity contribution in [3.8, 4) is 0 Å². The van der Waals surface area contributed by atoms with E-state index in [-0.39, 0.29) is 11.9 Å². The van der Waals surface area contributed by atoms with E-state index in [1.165, 1.54) is 12.1 Å². The quantitative estimate of drug-likeness (QED) is 0.609. The van der Waals surface area contributed by atoms with E-state index in [0.717, 1.165) is 5.69 Å². The van der Waals surface area contributed by atoms with E-state index < -0.39 is 0 Å². The molecular formula is C11H13FN2S. The second-order valence-corrected chi connectivity index (χ2v) is 3.54. The summed E-state index contributed by atoms with van der Waals surface area (Å²) in [5.74, 6) is -0.265. The fourth-order valence-electron chi connectivity index (χ4n) is 0.966. The fraction of sp³-hybridized carbons (Fsp3) is 0.182. The van der Waals surface area contributed by atoms with Crippen LogP contribution in [-0.2, 0) is 0 Å². The van der Waals surface area contributed by atoms with Gasteiger partial charge in [0.15, 0.2) is 5.11 Å². The average Bonchev–Trinajstić information content (AvgIpc) is 2.21. The van der Waals surface area contributed by atoms with Crippen LogP contribution < -0.4 is 10.6 Å². The summed E-state index contributed by atoms with van der Waals surface area (Å²) in [5.41, 5.74) is 0.755. The van der Waals surface area contributed by atoms with Gasteiger partial charge in [-0.15, -0.1) is 6.58 Å². The second-order valence-electron chi connectivity index (χ2n) is 3.13. The first kappa shape index (κ1) is 11.7. The summed E-state index contributed by atoms with van der Waals surface area (Å²) in [4.78, 5) is 0. The zero-order valence-corrected chi connectivity index (χ0v) is 9.27. The van der Waals surface area contributed by atoms with Crippen molar-refractivity contribution in [1.82, 2.24) is 5.32 Å². The molecule has 0 spiro atoms. The Morgan fingerprint density at radius 2 is 2.07 bits per heavy atom. The standard InChI is InChI=1S/C11H13FN2S/c1-3-8(2)13-11(15)14-10-6-4-9(12)5-7-10/h3-8H,1H2,2H3,(H2,13,14,15). The van der Waals surface area contributed by atoms with Crippen molar-refractivity contribution in [3.63, 3.8) is 0 Å². The van der Waals surface area contributed by atoms with Crippen LogP contribution >= 0.6 is 12.2 Å². The van der Waals surface area contributed by atoms with Crippen molar-refractivity contribution in [2.45, 2.75) is 13.0 Å². The summed E-state index contributed by atoms with van der Waals surface area (Å²) in [5, 5.41) is 6.44. The largest absolute Gasteiger partial charge is 0.357 e. The molecule has 1 atom stereocenters. The monoisotopic (exact) mass is 224 g/mol. The maximum atomic E-state index is 12.6. The van der Waals surface area contributed by atoms with Crippen LogP contribution in [0.5, 0.6) is 0 Å². The van der Waals surface area contributed by atoms with Gasteiger partial charge >= 0.3 is 0 Å². The van der Waals surface area contributed by atoms with Gasteiger partial charge in [-0.3, -0.25) is 0 Å². The topological polar surface area (TPSA) is 24.1 Å². The lowest BCUT2D eigenvalue weighted by Gasteiger charge is -2.13. The molecule has 4 heteroatoms. The molecule has 0 bridgehead atoms. The van der Waals surface area contributed by atoms with Gasteiger partial charge in [0.25, 0.3) is 0 Å². The van der Waals surface area contributed by atoms with Gasteiger partial charge in [-0.1, -0.05) is 6.08 Å². The lowest BCUT2D eigenvalue weighted by atomic mass is 10.3. The number of anilines is 1. The molecule has 0 aliphatic heterocycles. The van der Waals surface area contributed by atoms with E-state index >= 15 is 0 Å². The molecule has 0 fully saturated rings. The van der Waals surface area contributed by atoms with Gasteiger partial charge in [-0.25, -0.2) is 4.39 Å². The van der Waals surface area contributed by atoms with E-state index in [4.69, 9.17) is 12.2 Å². The molecule has 0 amide bonds. The molecule has 0 radical (unpaired) electrons. The van der Waals surface area contributed by atoms with E-state index in [1.807, 2.05) is 6.92 Å². The van der Waals surface area contributed by atoms with E-state index in [1.54, 1.807) is 18.2 Å². The van der Waals surface area contributed by atoms with Gasteiger partial charge in [-0.2, -0.15) is 0 Å². The van der Waals surface area contributed by atoms with Gasteiger partial charge in [0, 0.05) is 11.7 Å². The Hall–Kier alpha value is -1.42. The Labute approximate surface area is 94.2 Å². The van der Waals surface area contributed by atoms with Crippen LogP contribution in [0.25, 0.3) is 0 Å². The number of rotatable bonds is 3. The van der Waals surface area contributed by atoms with Crippen LogP contribution in [0.4, 0.5) is 10.1 Å². The molecule has 15 heavy (non-hydrogen) atoms. The summed E-state index contributed by atoms with van der Waals surface area (Å²) >= 11 is 5.05. The molecule has 0 aromatic heterocycles. The van der Waals surface area contributed by atoms with Gasteiger partial charge in [0.05, 0.1) is 0 Å². The van der Waals surface area contributed by atoms with Crippen molar-refractivity contribution in [1.29, 1.82) is 0 Å². The van der Waals surface area contributed by atoms with Gasteiger partial charge in [-0.05, 0) is 43.4 Å². The van der Waals surface area contributed by atoms with Crippen LogP contribution in [0.2, 0.25) is 0 Å². The van der Waals surface area contributed by atoms with E-state index in [9.17, 15) is 4.39 Å². The lowest BCUT2D eigenvalue weighted by molar-refractivity contribution is 0.628. The Morgan fingerprint density at radius 3 is 2.60 bits per heavy atom. The van der Waals surface area contributed by atoms with Crippen LogP contribution in [0.3, 0.4) is 0 Å². The van der Waals surface area contributed by atoms with Gasteiger partial charge in [0.1, 0.15) is 5.82 Å². The molecule has 0 heterocycles. The number of hydrogen-bond acceptors (Lipinski definition) is 1. The van der Waals surface area contributed by atoms with Crippen molar-refractivity contribution < 1.29 is 4.39 Å². The third-order valence-corrected chi connectivity index (χ3v) is 2.03. The molecule has 1 aromatic rings. The zero-order valence-electron chi connectivity index (χ0n) is 8.46. The number of hydrogen-bond donors (Lipinski definition) is 2.